The van der Waals surface area contributed by atoms with Crippen LogP contribution < -0.4 is 14.2 Å². The van der Waals surface area contributed by atoms with Crippen LogP contribution in [0.3, 0.4) is 0 Å². The molecule has 0 amide bonds. The van der Waals surface area contributed by atoms with E-state index in [0.29, 0.717) is 23.9 Å². The number of para-hydroxylation sites is 1. The molecule has 3 aromatic rings. The van der Waals surface area contributed by atoms with Crippen molar-refractivity contribution in [3.8, 4) is 23.0 Å². The standard InChI is InChI=1S/C17H18N4O5S/c1-3-25-15-9-8-12(10-18-15)17-20-16(26-21-17)11-19-27(22,23)14-7-5-4-6-13(14)24-2/h4-10,19H,3,11H2,1-2H3. The minimum absolute atomic E-state index is 0.0305. The van der Waals surface area contributed by atoms with E-state index in [4.69, 9.17) is 14.0 Å². The zero-order valence-corrected chi connectivity index (χ0v) is 15.6. The van der Waals surface area contributed by atoms with Crippen molar-refractivity contribution in [3.05, 3.63) is 48.5 Å². The predicted octanol–water partition coefficient (Wildman–Crippen LogP) is 2.02. The third kappa shape index (κ3) is 4.41. The molecule has 142 valence electrons. The van der Waals surface area contributed by atoms with Gasteiger partial charge in [0.05, 0.1) is 20.3 Å². The van der Waals surface area contributed by atoms with Crippen LogP contribution in [0.5, 0.6) is 11.6 Å². The summed E-state index contributed by atoms with van der Waals surface area (Å²) < 4.78 is 42.8. The number of hydrogen-bond acceptors (Lipinski definition) is 8. The molecule has 0 unspecified atom stereocenters. The lowest BCUT2D eigenvalue weighted by atomic mass is 10.3. The van der Waals surface area contributed by atoms with E-state index in [1.165, 1.54) is 13.2 Å². The quantitative estimate of drug-likeness (QED) is 0.621. The van der Waals surface area contributed by atoms with Gasteiger partial charge in [0.25, 0.3) is 0 Å². The first-order valence-corrected chi connectivity index (χ1v) is 9.56. The molecule has 3 rings (SSSR count). The number of methoxy groups -OCH3 is 1. The predicted molar refractivity (Wildman–Crippen MR) is 95.7 cm³/mol. The van der Waals surface area contributed by atoms with E-state index in [0.717, 1.165) is 0 Å². The molecule has 1 aromatic carbocycles. The third-order valence-electron chi connectivity index (χ3n) is 3.53. The molecule has 0 aliphatic heterocycles. The van der Waals surface area contributed by atoms with Crippen molar-refractivity contribution in [1.82, 2.24) is 19.8 Å². The minimum atomic E-state index is -3.80. The molecular formula is C17H18N4O5S. The topological polar surface area (TPSA) is 116 Å². The Balaban J connectivity index is 1.70. The van der Waals surface area contributed by atoms with Gasteiger partial charge >= 0.3 is 0 Å². The van der Waals surface area contributed by atoms with Crippen molar-refractivity contribution in [2.24, 2.45) is 0 Å². The molecule has 0 spiro atoms. The highest BCUT2D eigenvalue weighted by Gasteiger charge is 2.20. The van der Waals surface area contributed by atoms with Gasteiger partial charge in [-0.3, -0.25) is 0 Å². The maximum Gasteiger partial charge on any atom is 0.244 e. The summed E-state index contributed by atoms with van der Waals surface area (Å²) >= 11 is 0. The van der Waals surface area contributed by atoms with Gasteiger partial charge in [0.2, 0.25) is 27.6 Å². The first-order valence-electron chi connectivity index (χ1n) is 8.08. The Morgan fingerprint density at radius 2 is 2.00 bits per heavy atom. The van der Waals surface area contributed by atoms with Crippen LogP contribution in [0, 0.1) is 0 Å². The summed E-state index contributed by atoms with van der Waals surface area (Å²) in [6, 6.07) is 9.75. The Bertz CT molecular complexity index is 1000. The van der Waals surface area contributed by atoms with Gasteiger partial charge in [0.15, 0.2) is 0 Å². The highest BCUT2D eigenvalue weighted by Crippen LogP contribution is 2.23. The smallest absolute Gasteiger partial charge is 0.244 e. The monoisotopic (exact) mass is 390 g/mol. The van der Waals surface area contributed by atoms with Crippen molar-refractivity contribution in [1.29, 1.82) is 0 Å². The van der Waals surface area contributed by atoms with Gasteiger partial charge in [0, 0.05) is 17.8 Å². The average molecular weight is 390 g/mol. The van der Waals surface area contributed by atoms with Crippen LogP contribution in [0.4, 0.5) is 0 Å². The molecule has 0 aliphatic carbocycles. The van der Waals surface area contributed by atoms with E-state index in [1.54, 1.807) is 36.5 Å². The van der Waals surface area contributed by atoms with Crippen LogP contribution in [0.25, 0.3) is 11.4 Å². The minimum Gasteiger partial charge on any atom is -0.495 e. The number of aromatic nitrogens is 3. The van der Waals surface area contributed by atoms with Crippen LogP contribution in [-0.4, -0.2) is 37.3 Å². The van der Waals surface area contributed by atoms with E-state index >= 15 is 0 Å². The number of nitrogens with zero attached hydrogens (tertiary/aromatic N) is 3. The maximum atomic E-state index is 12.5. The van der Waals surface area contributed by atoms with Crippen LogP contribution in [0.1, 0.15) is 12.8 Å². The maximum absolute atomic E-state index is 12.5. The molecule has 2 heterocycles. The van der Waals surface area contributed by atoms with Crippen molar-refractivity contribution in [2.45, 2.75) is 18.4 Å². The summed E-state index contributed by atoms with van der Waals surface area (Å²) in [7, 11) is -2.39. The van der Waals surface area contributed by atoms with Gasteiger partial charge in [-0.05, 0) is 25.1 Å². The van der Waals surface area contributed by atoms with Gasteiger partial charge in [-0.15, -0.1) is 0 Å². The molecule has 0 radical (unpaired) electrons. The molecular weight excluding hydrogens is 372 g/mol. The molecule has 1 N–H and O–H groups in total. The van der Waals surface area contributed by atoms with Crippen LogP contribution in [0.2, 0.25) is 0 Å². The Labute approximate surface area is 156 Å². The average Bonchev–Trinajstić information content (AvgIpc) is 3.16. The van der Waals surface area contributed by atoms with E-state index < -0.39 is 10.0 Å². The van der Waals surface area contributed by atoms with Crippen LogP contribution in [0.15, 0.2) is 52.0 Å². The number of benzene rings is 1. The van der Waals surface area contributed by atoms with Crippen LogP contribution in [-0.2, 0) is 16.6 Å². The summed E-state index contributed by atoms with van der Waals surface area (Å²) in [5.74, 6) is 1.17. The number of hydrogen-bond donors (Lipinski definition) is 1. The highest BCUT2D eigenvalue weighted by molar-refractivity contribution is 7.89. The lowest BCUT2D eigenvalue weighted by Gasteiger charge is -2.09. The Morgan fingerprint density at radius 3 is 2.70 bits per heavy atom. The molecule has 9 nitrogen and oxygen atoms in total. The molecule has 0 saturated heterocycles. The molecule has 27 heavy (non-hydrogen) atoms. The fourth-order valence-corrected chi connectivity index (χ4v) is 3.41. The summed E-state index contributed by atoms with van der Waals surface area (Å²) in [5.41, 5.74) is 0.626. The number of ether oxygens (including phenoxy) is 2. The van der Waals surface area contributed by atoms with Gasteiger partial charge in [-0.1, -0.05) is 17.3 Å². The summed E-state index contributed by atoms with van der Waals surface area (Å²) in [4.78, 5) is 8.34. The molecule has 0 fully saturated rings. The molecule has 10 heteroatoms. The summed E-state index contributed by atoms with van der Waals surface area (Å²) in [5, 5.41) is 3.84. The third-order valence-corrected chi connectivity index (χ3v) is 4.97. The Kier molecular flexibility index (Phi) is 5.67. The number of nitrogens with one attached hydrogen (secondary N) is 1. The molecule has 0 bridgehead atoms. The van der Waals surface area contributed by atoms with Gasteiger partial charge in [-0.2, -0.15) is 4.98 Å². The number of pyridine rings is 1. The lowest BCUT2D eigenvalue weighted by molar-refractivity contribution is 0.327. The fourth-order valence-electron chi connectivity index (χ4n) is 2.27. The number of sulfonamides is 1. The largest absolute Gasteiger partial charge is 0.495 e. The van der Waals surface area contributed by atoms with Crippen molar-refractivity contribution in [2.75, 3.05) is 13.7 Å². The van der Waals surface area contributed by atoms with Crippen molar-refractivity contribution in [3.63, 3.8) is 0 Å². The zero-order chi connectivity index (χ0) is 19.3. The number of rotatable bonds is 8. The Morgan fingerprint density at radius 1 is 1.19 bits per heavy atom. The van der Waals surface area contributed by atoms with Crippen molar-refractivity contribution < 1.29 is 22.4 Å². The van der Waals surface area contributed by atoms with Gasteiger partial charge in [0.1, 0.15) is 10.6 Å². The fraction of sp³-hybridized carbons (Fsp3) is 0.235. The normalized spacial score (nSPS) is 11.3. The van der Waals surface area contributed by atoms with E-state index in [-0.39, 0.29) is 23.1 Å². The lowest BCUT2D eigenvalue weighted by Crippen LogP contribution is -2.23. The summed E-state index contributed by atoms with van der Waals surface area (Å²) in [6.45, 7) is 2.23. The second-order valence-electron chi connectivity index (χ2n) is 5.31. The van der Waals surface area contributed by atoms with E-state index in [1.807, 2.05) is 6.92 Å². The molecule has 0 saturated carbocycles. The zero-order valence-electron chi connectivity index (χ0n) is 14.7. The molecule has 0 aliphatic rings. The Hall–Kier alpha value is -2.98. The van der Waals surface area contributed by atoms with E-state index in [2.05, 4.69) is 19.8 Å². The second kappa shape index (κ2) is 8.14. The van der Waals surface area contributed by atoms with Gasteiger partial charge in [-0.25, -0.2) is 18.1 Å². The van der Waals surface area contributed by atoms with Crippen molar-refractivity contribution >= 4 is 10.0 Å². The SMILES string of the molecule is CCOc1ccc(-c2noc(CNS(=O)(=O)c3ccccc3OC)n2)cn1. The molecule has 2 aromatic heterocycles. The first-order chi connectivity index (χ1) is 13.0. The second-order valence-corrected chi connectivity index (χ2v) is 7.04. The molecule has 0 atom stereocenters. The first kappa shape index (κ1) is 18.8. The highest BCUT2D eigenvalue weighted by atomic mass is 32.2. The summed E-state index contributed by atoms with van der Waals surface area (Å²) in [6.07, 6.45) is 1.55. The van der Waals surface area contributed by atoms with E-state index in [9.17, 15) is 8.42 Å². The van der Waals surface area contributed by atoms with Gasteiger partial charge < -0.3 is 14.0 Å². The van der Waals surface area contributed by atoms with Crippen LogP contribution >= 0.6 is 0 Å².